The molecule has 0 N–H and O–H groups in total. The van der Waals surface area contributed by atoms with Gasteiger partial charge in [-0.3, -0.25) is 0 Å². The van der Waals surface area contributed by atoms with Crippen LogP contribution in [0.1, 0.15) is 50.1 Å². The Hall–Kier alpha value is -1.56. The third-order valence-electron chi connectivity index (χ3n) is 5.60. The van der Waals surface area contributed by atoms with Crippen molar-refractivity contribution in [2.45, 2.75) is 54.9 Å². The van der Waals surface area contributed by atoms with E-state index >= 15 is 0 Å². The van der Waals surface area contributed by atoms with Crippen molar-refractivity contribution in [1.82, 2.24) is 0 Å². The zero-order chi connectivity index (χ0) is 14.8. The van der Waals surface area contributed by atoms with Gasteiger partial charge in [-0.1, -0.05) is 6.07 Å². The fourth-order valence-corrected chi connectivity index (χ4v) is 3.83. The van der Waals surface area contributed by atoms with Crippen molar-refractivity contribution in [2.24, 2.45) is 0 Å². The third kappa shape index (κ3) is 1.54. The molecule has 2 aromatic carbocycles. The first-order valence-corrected chi connectivity index (χ1v) is 7.53. The number of hydrogen-bond donors (Lipinski definition) is 0. The minimum atomic E-state index is 1.12. The smallest absolute Gasteiger partial charge is 0.000788 e. The van der Waals surface area contributed by atoms with Crippen LogP contribution in [-0.2, 0) is 6.42 Å². The van der Waals surface area contributed by atoms with Gasteiger partial charge in [0.2, 0.25) is 0 Å². The summed E-state index contributed by atoms with van der Waals surface area (Å²) in [5.74, 6) is 0. The molecule has 2 aromatic rings. The Kier molecular flexibility index (Phi) is 2.83. The minimum Gasteiger partial charge on any atom is -0.0558 e. The zero-order valence-electron chi connectivity index (χ0n) is 13.8. The van der Waals surface area contributed by atoms with E-state index in [4.69, 9.17) is 0 Å². The maximum atomic E-state index is 2.35. The molecule has 0 amide bonds. The molecule has 0 spiro atoms. The summed E-state index contributed by atoms with van der Waals surface area (Å²) in [7, 11) is 0. The summed E-state index contributed by atoms with van der Waals surface area (Å²) in [4.78, 5) is 0. The molecular formula is C20H24. The molecule has 0 bridgehead atoms. The van der Waals surface area contributed by atoms with E-state index in [0.29, 0.717) is 0 Å². The predicted octanol–water partition coefficient (Wildman–Crippen LogP) is 5.42. The van der Waals surface area contributed by atoms with Gasteiger partial charge in [0.15, 0.2) is 0 Å². The molecule has 104 valence electrons. The molecule has 0 saturated heterocycles. The lowest BCUT2D eigenvalue weighted by Crippen LogP contribution is -1.98. The van der Waals surface area contributed by atoms with Gasteiger partial charge in [-0.15, -0.1) is 0 Å². The molecule has 1 aliphatic rings. The van der Waals surface area contributed by atoms with Gasteiger partial charge in [0, 0.05) is 0 Å². The van der Waals surface area contributed by atoms with E-state index in [1.54, 1.807) is 11.1 Å². The molecule has 0 saturated carbocycles. The largest absolute Gasteiger partial charge is 0.0558 e. The third-order valence-corrected chi connectivity index (χ3v) is 5.60. The predicted molar refractivity (Wildman–Crippen MR) is 87.8 cm³/mol. The normalized spacial score (nSPS) is 12.6. The molecule has 0 nitrogen and oxygen atoms in total. The molecule has 0 heterocycles. The fourth-order valence-electron chi connectivity index (χ4n) is 3.83. The Bertz CT molecular complexity index is 746. The Morgan fingerprint density at radius 3 is 1.75 bits per heavy atom. The lowest BCUT2D eigenvalue weighted by atomic mass is 9.87. The second-order valence-electron chi connectivity index (χ2n) is 6.52. The zero-order valence-corrected chi connectivity index (χ0v) is 13.8. The van der Waals surface area contributed by atoms with Gasteiger partial charge in [-0.2, -0.15) is 0 Å². The Morgan fingerprint density at radius 1 is 0.550 bits per heavy atom. The van der Waals surface area contributed by atoms with Crippen molar-refractivity contribution in [3.63, 3.8) is 0 Å². The Labute approximate surface area is 122 Å². The van der Waals surface area contributed by atoms with Crippen LogP contribution in [0.5, 0.6) is 0 Å². The average molecular weight is 264 g/mol. The van der Waals surface area contributed by atoms with Crippen LogP contribution < -0.4 is 0 Å². The summed E-state index contributed by atoms with van der Waals surface area (Å²) < 4.78 is 0. The van der Waals surface area contributed by atoms with E-state index in [-0.39, 0.29) is 0 Å². The highest BCUT2D eigenvalue weighted by atomic mass is 14.3. The molecule has 20 heavy (non-hydrogen) atoms. The van der Waals surface area contributed by atoms with Crippen molar-refractivity contribution in [2.75, 3.05) is 0 Å². The van der Waals surface area contributed by atoms with Crippen LogP contribution in [0.3, 0.4) is 0 Å². The highest BCUT2D eigenvalue weighted by Gasteiger charge is 2.27. The van der Waals surface area contributed by atoms with Crippen LogP contribution in [0.2, 0.25) is 0 Å². The highest BCUT2D eigenvalue weighted by Crippen LogP contribution is 2.46. The van der Waals surface area contributed by atoms with E-state index < -0.39 is 0 Å². The molecule has 0 unspecified atom stereocenters. The van der Waals surface area contributed by atoms with Crippen molar-refractivity contribution in [1.29, 1.82) is 0 Å². The van der Waals surface area contributed by atoms with Crippen LogP contribution in [-0.4, -0.2) is 0 Å². The first-order valence-electron chi connectivity index (χ1n) is 7.53. The quantitative estimate of drug-likeness (QED) is 0.509. The van der Waals surface area contributed by atoms with Gasteiger partial charge in [0.1, 0.15) is 0 Å². The summed E-state index contributed by atoms with van der Waals surface area (Å²) in [6, 6.07) is 2.35. The Balaban J connectivity index is 2.48. The van der Waals surface area contributed by atoms with Crippen molar-refractivity contribution in [3.05, 3.63) is 56.1 Å². The summed E-state index contributed by atoms with van der Waals surface area (Å²) >= 11 is 0. The van der Waals surface area contributed by atoms with E-state index in [1.165, 1.54) is 50.1 Å². The van der Waals surface area contributed by atoms with E-state index in [0.717, 1.165) is 6.42 Å². The highest BCUT2D eigenvalue weighted by molar-refractivity contribution is 5.86. The topological polar surface area (TPSA) is 0 Å². The van der Waals surface area contributed by atoms with Gasteiger partial charge >= 0.3 is 0 Å². The lowest BCUT2D eigenvalue weighted by Gasteiger charge is -2.17. The maximum absolute atomic E-state index is 2.35. The minimum absolute atomic E-state index is 1.12. The number of hydrogen-bond acceptors (Lipinski definition) is 0. The molecular weight excluding hydrogens is 240 g/mol. The van der Waals surface area contributed by atoms with Gasteiger partial charge in [-0.25, -0.2) is 0 Å². The summed E-state index contributed by atoms with van der Waals surface area (Å²) in [6.45, 7) is 15.9. The molecule has 0 aliphatic heterocycles. The van der Waals surface area contributed by atoms with Crippen molar-refractivity contribution < 1.29 is 0 Å². The van der Waals surface area contributed by atoms with Crippen LogP contribution in [0, 0.1) is 48.5 Å². The number of benzene rings is 2. The lowest BCUT2D eigenvalue weighted by molar-refractivity contribution is 1.13. The Morgan fingerprint density at radius 2 is 1.10 bits per heavy atom. The van der Waals surface area contributed by atoms with Gasteiger partial charge in [-0.05, 0) is 116 Å². The number of aryl methyl sites for hydroxylation is 2. The second-order valence-corrected chi connectivity index (χ2v) is 6.52. The summed E-state index contributed by atoms with van der Waals surface area (Å²) in [5, 5.41) is 0. The fraction of sp³-hybridized carbons (Fsp3) is 0.400. The molecule has 1 aliphatic carbocycles. The first-order chi connectivity index (χ1) is 9.34. The molecule has 0 atom stereocenters. The van der Waals surface area contributed by atoms with E-state index in [1.807, 2.05) is 0 Å². The van der Waals surface area contributed by atoms with Crippen LogP contribution in [0.25, 0.3) is 11.1 Å². The van der Waals surface area contributed by atoms with Gasteiger partial charge in [0.25, 0.3) is 0 Å². The van der Waals surface area contributed by atoms with Crippen LogP contribution in [0.4, 0.5) is 0 Å². The van der Waals surface area contributed by atoms with Crippen molar-refractivity contribution >= 4 is 0 Å². The second kappa shape index (κ2) is 4.22. The molecule has 3 rings (SSSR count). The molecule has 0 heteroatoms. The SMILES string of the molecule is Cc1cc(C)c2c(c1C)-c1c(C)c(C)c(C)c(C)c1C2. The molecule has 0 aromatic heterocycles. The van der Waals surface area contributed by atoms with Crippen molar-refractivity contribution in [3.8, 4) is 11.1 Å². The van der Waals surface area contributed by atoms with E-state index in [9.17, 15) is 0 Å². The number of fused-ring (bicyclic) bond motifs is 3. The maximum Gasteiger partial charge on any atom is -0.000788 e. The molecule has 0 radical (unpaired) electrons. The molecule has 0 fully saturated rings. The van der Waals surface area contributed by atoms with Gasteiger partial charge < -0.3 is 0 Å². The first kappa shape index (κ1) is 13.4. The van der Waals surface area contributed by atoms with E-state index in [2.05, 4.69) is 54.5 Å². The summed E-state index contributed by atoms with van der Waals surface area (Å²) in [6.07, 6.45) is 1.12. The van der Waals surface area contributed by atoms with Crippen LogP contribution in [0.15, 0.2) is 6.07 Å². The average Bonchev–Trinajstić information content (AvgIpc) is 2.81. The monoisotopic (exact) mass is 264 g/mol. The summed E-state index contributed by atoms with van der Waals surface area (Å²) in [5.41, 5.74) is 16.4. The number of rotatable bonds is 0. The van der Waals surface area contributed by atoms with Crippen LogP contribution >= 0.6 is 0 Å². The van der Waals surface area contributed by atoms with Gasteiger partial charge in [0.05, 0.1) is 0 Å². The standard InChI is InChI=1S/C20H24/c1-10-8-11(2)17-9-18-15(6)13(4)14(5)16(7)20(18)19(17)12(10)3/h8H,9H2,1-7H3.